The maximum Gasteiger partial charge on any atom is 0.303 e. The van der Waals surface area contributed by atoms with Crippen LogP contribution < -0.4 is 4.74 Å². The molecule has 4 rings (SSSR count). The van der Waals surface area contributed by atoms with Crippen LogP contribution in [-0.4, -0.2) is 31.7 Å². The number of aryl methyl sites for hydroxylation is 1. The molecule has 2 heterocycles. The van der Waals surface area contributed by atoms with Crippen molar-refractivity contribution in [3.05, 3.63) is 72.6 Å². The van der Waals surface area contributed by atoms with Gasteiger partial charge in [-0.15, -0.1) is 0 Å². The number of benzene rings is 2. The van der Waals surface area contributed by atoms with E-state index in [4.69, 9.17) is 14.8 Å². The van der Waals surface area contributed by atoms with Crippen LogP contribution >= 0.6 is 0 Å². The van der Waals surface area contributed by atoms with E-state index in [1.165, 1.54) is 5.56 Å². The van der Waals surface area contributed by atoms with Crippen molar-refractivity contribution in [3.63, 3.8) is 0 Å². The zero-order chi connectivity index (χ0) is 21.8. The second-order valence-electron chi connectivity index (χ2n) is 7.71. The van der Waals surface area contributed by atoms with E-state index >= 15 is 0 Å². The Bertz CT molecular complexity index is 1180. The monoisotopic (exact) mass is 415 g/mol. The predicted molar refractivity (Wildman–Crippen MR) is 121 cm³/mol. The van der Waals surface area contributed by atoms with E-state index in [1.54, 1.807) is 12.4 Å². The molecule has 0 saturated heterocycles. The first-order valence-corrected chi connectivity index (χ1v) is 10.4. The summed E-state index contributed by atoms with van der Waals surface area (Å²) < 4.78 is 8.22. The molecule has 6 heteroatoms. The Morgan fingerprint density at radius 3 is 2.55 bits per heavy atom. The average Bonchev–Trinajstić information content (AvgIpc) is 3.13. The molecular weight excluding hydrogens is 390 g/mol. The van der Waals surface area contributed by atoms with Crippen LogP contribution in [0.4, 0.5) is 0 Å². The molecule has 2 aromatic carbocycles. The summed E-state index contributed by atoms with van der Waals surface area (Å²) in [4.78, 5) is 19.8. The van der Waals surface area contributed by atoms with E-state index in [9.17, 15) is 4.79 Å². The lowest BCUT2D eigenvalue weighted by molar-refractivity contribution is -0.137. The molecule has 4 aromatic rings. The van der Waals surface area contributed by atoms with Gasteiger partial charge in [0.25, 0.3) is 0 Å². The van der Waals surface area contributed by atoms with Gasteiger partial charge in [-0.1, -0.05) is 17.7 Å². The molecule has 31 heavy (non-hydrogen) atoms. The molecule has 0 aliphatic heterocycles. The zero-order valence-corrected chi connectivity index (χ0v) is 17.7. The quantitative estimate of drug-likeness (QED) is 0.416. The minimum absolute atomic E-state index is 0.0767. The molecule has 1 atom stereocenters. The third-order valence-corrected chi connectivity index (χ3v) is 5.20. The lowest BCUT2D eigenvalue weighted by atomic mass is 10.1. The Morgan fingerprint density at radius 1 is 1.10 bits per heavy atom. The third kappa shape index (κ3) is 4.74. The molecule has 2 aromatic heterocycles. The number of fused-ring (bicyclic) bond motifs is 1. The number of carboxylic acids is 1. The molecule has 0 fully saturated rings. The standard InChI is InChI=1S/C25H25N3O3/c1-17-6-8-20(9-7-17)28-23-16-21(31-18(2)4-3-5-24(29)30)10-11-22(23)27-25(28)19-12-14-26-15-13-19/h6-16,18H,3-5H2,1-2H3,(H,29,30). The first-order valence-electron chi connectivity index (χ1n) is 10.4. The molecule has 0 aliphatic rings. The van der Waals surface area contributed by atoms with Gasteiger partial charge in [0.1, 0.15) is 11.6 Å². The summed E-state index contributed by atoms with van der Waals surface area (Å²) in [7, 11) is 0. The van der Waals surface area contributed by atoms with Crippen LogP contribution in [0.5, 0.6) is 5.75 Å². The summed E-state index contributed by atoms with van der Waals surface area (Å²) in [5.74, 6) is 0.803. The van der Waals surface area contributed by atoms with Crippen LogP contribution in [0.1, 0.15) is 31.7 Å². The molecule has 158 valence electrons. The highest BCUT2D eigenvalue weighted by molar-refractivity contribution is 5.84. The maximum absolute atomic E-state index is 10.7. The van der Waals surface area contributed by atoms with Gasteiger partial charge >= 0.3 is 5.97 Å². The van der Waals surface area contributed by atoms with Crippen molar-refractivity contribution in [1.29, 1.82) is 0 Å². The number of aromatic nitrogens is 3. The van der Waals surface area contributed by atoms with Crippen LogP contribution in [0, 0.1) is 6.92 Å². The molecule has 0 bridgehead atoms. The van der Waals surface area contributed by atoms with Crippen LogP contribution in [0.2, 0.25) is 0 Å². The molecular formula is C25H25N3O3. The normalized spacial score (nSPS) is 12.1. The molecule has 6 nitrogen and oxygen atoms in total. The highest BCUT2D eigenvalue weighted by Gasteiger charge is 2.16. The number of pyridine rings is 1. The smallest absolute Gasteiger partial charge is 0.303 e. The van der Waals surface area contributed by atoms with E-state index in [0.29, 0.717) is 12.8 Å². The average molecular weight is 415 g/mol. The number of ether oxygens (including phenoxy) is 1. The number of carboxylic acid groups (broad SMARTS) is 1. The molecule has 0 amide bonds. The first-order chi connectivity index (χ1) is 15.0. The van der Waals surface area contributed by atoms with E-state index < -0.39 is 5.97 Å². The van der Waals surface area contributed by atoms with E-state index in [0.717, 1.165) is 33.9 Å². The predicted octanol–water partition coefficient (Wildman–Crippen LogP) is 5.42. The zero-order valence-electron chi connectivity index (χ0n) is 17.7. The van der Waals surface area contributed by atoms with Crippen LogP contribution in [0.3, 0.4) is 0 Å². The molecule has 1 unspecified atom stereocenters. The second-order valence-corrected chi connectivity index (χ2v) is 7.71. The highest BCUT2D eigenvalue weighted by Crippen LogP contribution is 2.31. The molecule has 1 N–H and O–H groups in total. The molecule has 0 aliphatic carbocycles. The van der Waals surface area contributed by atoms with E-state index in [2.05, 4.69) is 40.7 Å². The summed E-state index contributed by atoms with van der Waals surface area (Å²) in [5, 5.41) is 8.83. The van der Waals surface area contributed by atoms with E-state index in [1.807, 2.05) is 37.3 Å². The Morgan fingerprint density at radius 2 is 1.84 bits per heavy atom. The van der Waals surface area contributed by atoms with Gasteiger partial charge in [0.05, 0.1) is 17.1 Å². The van der Waals surface area contributed by atoms with Gasteiger partial charge < -0.3 is 9.84 Å². The molecule has 0 radical (unpaired) electrons. The second kappa shape index (κ2) is 9.00. The highest BCUT2D eigenvalue weighted by atomic mass is 16.5. The van der Waals surface area contributed by atoms with Crippen LogP contribution in [-0.2, 0) is 4.79 Å². The van der Waals surface area contributed by atoms with Crippen molar-refractivity contribution in [1.82, 2.24) is 14.5 Å². The largest absolute Gasteiger partial charge is 0.491 e. The summed E-state index contributed by atoms with van der Waals surface area (Å²) >= 11 is 0. The number of imidazole rings is 1. The van der Waals surface area contributed by atoms with Crippen LogP contribution in [0.25, 0.3) is 28.1 Å². The topological polar surface area (TPSA) is 77.2 Å². The van der Waals surface area contributed by atoms with Gasteiger partial charge in [-0.3, -0.25) is 14.3 Å². The fourth-order valence-corrected chi connectivity index (χ4v) is 3.61. The fourth-order valence-electron chi connectivity index (χ4n) is 3.61. The molecule has 0 spiro atoms. The number of hydrogen-bond acceptors (Lipinski definition) is 4. The fraction of sp³-hybridized carbons (Fsp3) is 0.240. The van der Waals surface area contributed by atoms with E-state index in [-0.39, 0.29) is 12.5 Å². The number of aliphatic carboxylic acids is 1. The lowest BCUT2D eigenvalue weighted by Gasteiger charge is -2.15. The summed E-state index contributed by atoms with van der Waals surface area (Å²) in [5.41, 5.74) is 5.02. The van der Waals surface area contributed by atoms with Crippen molar-refractivity contribution in [2.75, 3.05) is 0 Å². The van der Waals surface area contributed by atoms with Crippen molar-refractivity contribution in [2.24, 2.45) is 0 Å². The van der Waals surface area contributed by atoms with Gasteiger partial charge in [-0.05, 0) is 63.1 Å². The van der Waals surface area contributed by atoms with Crippen molar-refractivity contribution in [3.8, 4) is 22.8 Å². The van der Waals surface area contributed by atoms with Gasteiger partial charge in [-0.2, -0.15) is 0 Å². The third-order valence-electron chi connectivity index (χ3n) is 5.20. The Kier molecular flexibility index (Phi) is 5.98. The number of rotatable bonds is 8. The Hall–Kier alpha value is -3.67. The summed E-state index contributed by atoms with van der Waals surface area (Å²) in [6.45, 7) is 4.03. The van der Waals surface area contributed by atoms with Crippen molar-refractivity contribution >= 4 is 17.0 Å². The summed E-state index contributed by atoms with van der Waals surface area (Å²) in [6.07, 6.45) is 4.88. The van der Waals surface area contributed by atoms with Gasteiger partial charge in [-0.25, -0.2) is 4.98 Å². The van der Waals surface area contributed by atoms with Crippen molar-refractivity contribution < 1.29 is 14.6 Å². The lowest BCUT2D eigenvalue weighted by Crippen LogP contribution is -2.12. The van der Waals surface area contributed by atoms with Gasteiger partial charge in [0.15, 0.2) is 0 Å². The summed E-state index contributed by atoms with van der Waals surface area (Å²) in [6, 6.07) is 18.1. The minimum Gasteiger partial charge on any atom is -0.491 e. The Balaban J connectivity index is 1.73. The van der Waals surface area contributed by atoms with Gasteiger partial charge in [0, 0.05) is 36.1 Å². The minimum atomic E-state index is -0.778. The maximum atomic E-state index is 10.7. The number of nitrogens with zero attached hydrogens (tertiary/aromatic N) is 3. The number of carbonyl (C=O) groups is 1. The SMILES string of the molecule is Cc1ccc(-n2c(-c3ccncc3)nc3ccc(OC(C)CCCC(=O)O)cc32)cc1. The van der Waals surface area contributed by atoms with Crippen molar-refractivity contribution in [2.45, 2.75) is 39.2 Å². The Labute approximate surface area is 181 Å². The van der Waals surface area contributed by atoms with Crippen LogP contribution in [0.15, 0.2) is 67.0 Å². The van der Waals surface area contributed by atoms with Gasteiger partial charge in [0.2, 0.25) is 0 Å². The first kappa shape index (κ1) is 20.6. The molecule has 0 saturated carbocycles. The number of hydrogen-bond donors (Lipinski definition) is 1.